The highest BCUT2D eigenvalue weighted by atomic mass is 32.1. The lowest BCUT2D eigenvalue weighted by Crippen LogP contribution is -2.69. The van der Waals surface area contributed by atoms with Crippen molar-refractivity contribution in [2.24, 2.45) is 5.92 Å². The quantitative estimate of drug-likeness (QED) is 0.579. The maximum absolute atomic E-state index is 13.4. The SMILES string of the molecule is FC(F)(F)C1(C(F)(F)F)C2C=CC(C2)N1c1nccs1. The van der Waals surface area contributed by atoms with Crippen LogP contribution in [0.4, 0.5) is 31.5 Å². The fourth-order valence-electron chi connectivity index (χ4n) is 3.10. The average molecular weight is 314 g/mol. The molecular weight excluding hydrogens is 306 g/mol. The molecule has 2 unspecified atom stereocenters. The van der Waals surface area contributed by atoms with Gasteiger partial charge in [0.1, 0.15) is 0 Å². The van der Waals surface area contributed by atoms with Gasteiger partial charge in [-0.3, -0.25) is 0 Å². The number of aromatic nitrogens is 1. The predicted octanol–water partition coefficient (Wildman–Crippen LogP) is 3.77. The summed E-state index contributed by atoms with van der Waals surface area (Å²) in [6, 6.07) is -0.922. The number of alkyl halides is 6. The van der Waals surface area contributed by atoms with E-state index in [1.54, 1.807) is 0 Å². The summed E-state index contributed by atoms with van der Waals surface area (Å²) >= 11 is 0.775. The first-order valence-electron chi connectivity index (χ1n) is 5.70. The summed E-state index contributed by atoms with van der Waals surface area (Å²) in [5, 5.41) is 1.11. The number of halogens is 6. The molecular formula is C11H8F6N2S. The second-order valence-electron chi connectivity index (χ2n) is 4.74. The molecule has 2 bridgehead atoms. The normalized spacial score (nSPS) is 28.4. The van der Waals surface area contributed by atoms with E-state index in [0.29, 0.717) is 4.90 Å². The molecule has 20 heavy (non-hydrogen) atoms. The largest absolute Gasteiger partial charge is 0.421 e. The van der Waals surface area contributed by atoms with Crippen molar-refractivity contribution in [2.75, 3.05) is 4.90 Å². The van der Waals surface area contributed by atoms with Gasteiger partial charge in [-0.2, -0.15) is 26.3 Å². The zero-order chi connectivity index (χ0) is 14.8. The van der Waals surface area contributed by atoms with E-state index in [4.69, 9.17) is 0 Å². The van der Waals surface area contributed by atoms with Gasteiger partial charge in [0.15, 0.2) is 5.13 Å². The van der Waals surface area contributed by atoms with Crippen molar-refractivity contribution >= 4 is 16.5 Å². The molecule has 0 saturated carbocycles. The zero-order valence-electron chi connectivity index (χ0n) is 9.74. The fraction of sp³-hybridized carbons (Fsp3) is 0.545. The van der Waals surface area contributed by atoms with Crippen LogP contribution in [0.25, 0.3) is 0 Å². The van der Waals surface area contributed by atoms with E-state index in [0.717, 1.165) is 17.4 Å². The molecule has 0 spiro atoms. The molecule has 1 aromatic heterocycles. The van der Waals surface area contributed by atoms with Crippen molar-refractivity contribution in [2.45, 2.75) is 30.4 Å². The third-order valence-electron chi connectivity index (χ3n) is 3.80. The minimum absolute atomic E-state index is 0.196. The van der Waals surface area contributed by atoms with Crippen molar-refractivity contribution in [3.05, 3.63) is 23.7 Å². The summed E-state index contributed by atoms with van der Waals surface area (Å²) in [5.74, 6) is -1.63. The molecule has 0 aromatic carbocycles. The average Bonchev–Trinajstić information content (AvgIpc) is 3.00. The van der Waals surface area contributed by atoms with Gasteiger partial charge in [0.05, 0.1) is 6.04 Å². The lowest BCUT2D eigenvalue weighted by atomic mass is 9.83. The molecule has 0 N–H and O–H groups in total. The topological polar surface area (TPSA) is 16.1 Å². The second-order valence-corrected chi connectivity index (χ2v) is 5.61. The number of hydrogen-bond acceptors (Lipinski definition) is 3. The lowest BCUT2D eigenvalue weighted by molar-refractivity contribution is -0.302. The van der Waals surface area contributed by atoms with Crippen molar-refractivity contribution in [1.82, 2.24) is 4.98 Å². The molecule has 2 heterocycles. The van der Waals surface area contributed by atoms with Gasteiger partial charge >= 0.3 is 12.4 Å². The molecule has 1 aliphatic carbocycles. The van der Waals surface area contributed by atoms with E-state index in [1.807, 2.05) is 0 Å². The highest BCUT2D eigenvalue weighted by Gasteiger charge is 2.81. The Morgan fingerprint density at radius 3 is 2.30 bits per heavy atom. The van der Waals surface area contributed by atoms with Gasteiger partial charge in [-0.1, -0.05) is 12.2 Å². The van der Waals surface area contributed by atoms with Gasteiger partial charge in [0, 0.05) is 17.5 Å². The van der Waals surface area contributed by atoms with Crippen molar-refractivity contribution < 1.29 is 26.3 Å². The first-order chi connectivity index (χ1) is 9.19. The smallest absolute Gasteiger partial charge is 0.319 e. The summed E-state index contributed by atoms with van der Waals surface area (Å²) < 4.78 is 80.4. The summed E-state index contributed by atoms with van der Waals surface area (Å²) in [7, 11) is 0. The molecule has 2 aliphatic rings. The molecule has 1 aliphatic heterocycles. The molecule has 1 saturated heterocycles. The molecule has 110 valence electrons. The maximum atomic E-state index is 13.4. The zero-order valence-corrected chi connectivity index (χ0v) is 10.6. The Balaban J connectivity index is 2.23. The van der Waals surface area contributed by atoms with Crippen LogP contribution in [0, 0.1) is 5.92 Å². The molecule has 0 amide bonds. The van der Waals surface area contributed by atoms with Gasteiger partial charge in [0.2, 0.25) is 5.54 Å². The number of fused-ring (bicyclic) bond motifs is 2. The minimum atomic E-state index is -5.43. The monoisotopic (exact) mass is 314 g/mol. The van der Waals surface area contributed by atoms with Crippen LogP contribution in [0.3, 0.4) is 0 Å². The van der Waals surface area contributed by atoms with Gasteiger partial charge in [-0.15, -0.1) is 11.3 Å². The van der Waals surface area contributed by atoms with Crippen LogP contribution in [0.15, 0.2) is 23.7 Å². The molecule has 1 fully saturated rings. The first-order valence-corrected chi connectivity index (χ1v) is 6.58. The van der Waals surface area contributed by atoms with Crippen LogP contribution in [0.1, 0.15) is 6.42 Å². The third kappa shape index (κ3) is 1.49. The highest BCUT2D eigenvalue weighted by Crippen LogP contribution is 2.61. The van der Waals surface area contributed by atoms with Crippen LogP contribution in [-0.4, -0.2) is 28.9 Å². The van der Waals surface area contributed by atoms with Crippen LogP contribution in [0.2, 0.25) is 0 Å². The summed E-state index contributed by atoms with van der Waals surface area (Å²) in [6.07, 6.45) is -7.44. The minimum Gasteiger partial charge on any atom is -0.319 e. The summed E-state index contributed by atoms with van der Waals surface area (Å²) in [6.45, 7) is 0. The van der Waals surface area contributed by atoms with E-state index in [-0.39, 0.29) is 11.6 Å². The standard InChI is InChI=1S/C11H8F6N2S/c12-10(13,14)9(11(15,16)17)6-1-2-7(5-6)19(9)8-18-3-4-20-8/h1-4,6-7H,5H2. The van der Waals surface area contributed by atoms with Crippen LogP contribution in [0.5, 0.6) is 0 Å². The van der Waals surface area contributed by atoms with Crippen molar-refractivity contribution in [3.8, 4) is 0 Å². The number of rotatable bonds is 1. The first kappa shape index (κ1) is 13.7. The number of anilines is 1. The van der Waals surface area contributed by atoms with Gasteiger partial charge < -0.3 is 4.90 Å². The number of nitrogens with zero attached hydrogens (tertiary/aromatic N) is 2. The Hall–Kier alpha value is -1.25. The van der Waals surface area contributed by atoms with E-state index < -0.39 is 29.9 Å². The molecule has 9 heteroatoms. The van der Waals surface area contributed by atoms with E-state index in [1.165, 1.54) is 17.7 Å². The summed E-state index contributed by atoms with van der Waals surface area (Å²) in [4.78, 5) is 4.04. The lowest BCUT2D eigenvalue weighted by Gasteiger charge is -2.46. The van der Waals surface area contributed by atoms with E-state index in [2.05, 4.69) is 4.98 Å². The van der Waals surface area contributed by atoms with Gasteiger partial charge in [-0.25, -0.2) is 4.98 Å². The molecule has 1 aromatic rings. The van der Waals surface area contributed by atoms with Crippen LogP contribution >= 0.6 is 11.3 Å². The van der Waals surface area contributed by atoms with Gasteiger partial charge in [0.25, 0.3) is 0 Å². The van der Waals surface area contributed by atoms with E-state index >= 15 is 0 Å². The Kier molecular flexibility index (Phi) is 2.67. The Morgan fingerprint density at radius 1 is 1.15 bits per heavy atom. The van der Waals surface area contributed by atoms with Crippen molar-refractivity contribution in [1.29, 1.82) is 0 Å². The number of thiazole rings is 1. The Labute approximate surface area is 113 Å². The van der Waals surface area contributed by atoms with Crippen LogP contribution < -0.4 is 4.90 Å². The Morgan fingerprint density at radius 2 is 1.80 bits per heavy atom. The number of hydrogen-bond donors (Lipinski definition) is 0. The van der Waals surface area contributed by atoms with Crippen molar-refractivity contribution in [3.63, 3.8) is 0 Å². The third-order valence-corrected chi connectivity index (χ3v) is 4.57. The molecule has 3 rings (SSSR count). The van der Waals surface area contributed by atoms with Gasteiger partial charge in [-0.05, 0) is 6.42 Å². The molecule has 2 atom stereocenters. The highest BCUT2D eigenvalue weighted by molar-refractivity contribution is 7.13. The fourth-order valence-corrected chi connectivity index (χ4v) is 3.86. The predicted molar refractivity (Wildman–Crippen MR) is 60.5 cm³/mol. The van der Waals surface area contributed by atoms with E-state index in [9.17, 15) is 26.3 Å². The second kappa shape index (κ2) is 3.90. The molecule has 2 nitrogen and oxygen atoms in total. The van der Waals surface area contributed by atoms with Crippen LogP contribution in [-0.2, 0) is 0 Å². The molecule has 0 radical (unpaired) electrons. The Bertz CT molecular complexity index is 518. The summed E-state index contributed by atoms with van der Waals surface area (Å²) in [5.41, 5.74) is -3.88. The maximum Gasteiger partial charge on any atom is 0.421 e.